The number of carbonyl (C=O) groups is 2. The van der Waals surface area contributed by atoms with Crippen LogP contribution in [0.25, 0.3) is 0 Å². The van der Waals surface area contributed by atoms with Crippen LogP contribution in [0.1, 0.15) is 0 Å². The SMILES string of the molecule is O=C[C@@H](O)[C@@H](O)[C@H](O)[C@H](O)COC(=O)C(Cl)(Cl)Cl. The minimum Gasteiger partial charge on any atom is -0.460 e. The number of rotatable bonds is 6. The summed E-state index contributed by atoms with van der Waals surface area (Å²) in [5.41, 5.74) is 0. The van der Waals surface area contributed by atoms with Gasteiger partial charge in [0, 0.05) is 0 Å². The zero-order valence-electron chi connectivity index (χ0n) is 8.74. The summed E-state index contributed by atoms with van der Waals surface area (Å²) >= 11 is 15.5. The number of alkyl halides is 3. The monoisotopic (exact) mass is 324 g/mol. The summed E-state index contributed by atoms with van der Waals surface area (Å²) in [6, 6.07) is 0. The zero-order chi connectivity index (χ0) is 14.5. The second kappa shape index (κ2) is 7.44. The van der Waals surface area contributed by atoms with Gasteiger partial charge in [-0.25, -0.2) is 4.79 Å². The molecule has 4 atom stereocenters. The second-order valence-electron chi connectivity index (χ2n) is 3.27. The van der Waals surface area contributed by atoms with Crippen LogP contribution in [0, 0.1) is 0 Å². The highest BCUT2D eigenvalue weighted by Gasteiger charge is 2.35. The molecule has 18 heavy (non-hydrogen) atoms. The van der Waals surface area contributed by atoms with Gasteiger partial charge >= 0.3 is 5.97 Å². The molecule has 10 heteroatoms. The van der Waals surface area contributed by atoms with Crippen LogP contribution in [0.3, 0.4) is 0 Å². The van der Waals surface area contributed by atoms with E-state index >= 15 is 0 Å². The summed E-state index contributed by atoms with van der Waals surface area (Å²) in [5, 5.41) is 36.7. The Morgan fingerprint density at radius 2 is 1.67 bits per heavy atom. The van der Waals surface area contributed by atoms with Crippen LogP contribution in [0.15, 0.2) is 0 Å². The predicted octanol–water partition coefficient (Wildman–Crippen LogP) is -1.46. The van der Waals surface area contributed by atoms with Crippen molar-refractivity contribution in [2.24, 2.45) is 0 Å². The van der Waals surface area contributed by atoms with Crippen molar-refractivity contribution in [2.75, 3.05) is 6.61 Å². The Bertz CT molecular complexity index is 293. The van der Waals surface area contributed by atoms with Crippen molar-refractivity contribution < 1.29 is 34.8 Å². The van der Waals surface area contributed by atoms with Gasteiger partial charge < -0.3 is 30.0 Å². The summed E-state index contributed by atoms with van der Waals surface area (Å²) in [6.07, 6.45) is -7.56. The Hall–Kier alpha value is -0.150. The van der Waals surface area contributed by atoms with Gasteiger partial charge in [0.15, 0.2) is 6.29 Å². The van der Waals surface area contributed by atoms with E-state index in [0.717, 1.165) is 0 Å². The minimum absolute atomic E-state index is 0.0338. The molecular formula is C8H11Cl3O7. The number of hydrogen-bond donors (Lipinski definition) is 4. The Morgan fingerprint density at radius 3 is 2.06 bits per heavy atom. The summed E-state index contributed by atoms with van der Waals surface area (Å²) in [5.74, 6) is -1.29. The number of esters is 1. The van der Waals surface area contributed by atoms with Crippen molar-refractivity contribution in [2.45, 2.75) is 28.2 Å². The maximum atomic E-state index is 11.0. The van der Waals surface area contributed by atoms with Crippen LogP contribution < -0.4 is 0 Å². The first kappa shape index (κ1) is 17.8. The van der Waals surface area contributed by atoms with E-state index in [1.165, 1.54) is 0 Å². The van der Waals surface area contributed by atoms with E-state index in [9.17, 15) is 24.9 Å². The highest BCUT2D eigenvalue weighted by Crippen LogP contribution is 2.27. The first-order chi connectivity index (χ1) is 8.11. The van der Waals surface area contributed by atoms with E-state index in [2.05, 4.69) is 4.74 Å². The van der Waals surface area contributed by atoms with Gasteiger partial charge in [-0.15, -0.1) is 0 Å². The van der Waals surface area contributed by atoms with Crippen molar-refractivity contribution >= 4 is 47.1 Å². The topological polar surface area (TPSA) is 124 Å². The second-order valence-corrected chi connectivity index (χ2v) is 5.55. The summed E-state index contributed by atoms with van der Waals surface area (Å²) in [7, 11) is 0. The smallest absolute Gasteiger partial charge is 0.358 e. The van der Waals surface area contributed by atoms with Gasteiger partial charge in [0.1, 0.15) is 31.0 Å². The third-order valence-corrected chi connectivity index (χ3v) is 2.31. The van der Waals surface area contributed by atoms with Crippen LogP contribution in [-0.4, -0.2) is 67.5 Å². The molecule has 0 aliphatic rings. The van der Waals surface area contributed by atoms with Gasteiger partial charge in [0.25, 0.3) is 3.79 Å². The molecule has 7 nitrogen and oxygen atoms in total. The molecule has 0 unspecified atom stereocenters. The highest BCUT2D eigenvalue weighted by atomic mass is 35.6. The third-order valence-electron chi connectivity index (χ3n) is 1.85. The molecule has 0 amide bonds. The molecule has 0 heterocycles. The fourth-order valence-corrected chi connectivity index (χ4v) is 1.02. The molecule has 0 aromatic rings. The molecule has 0 aromatic heterocycles. The number of carbonyl (C=O) groups excluding carboxylic acids is 2. The lowest BCUT2D eigenvalue weighted by atomic mass is 10.0. The van der Waals surface area contributed by atoms with Crippen LogP contribution in [0.2, 0.25) is 0 Å². The van der Waals surface area contributed by atoms with Crippen LogP contribution in [0.4, 0.5) is 0 Å². The normalized spacial score (nSPS) is 18.6. The fourth-order valence-electron chi connectivity index (χ4n) is 0.852. The van der Waals surface area contributed by atoms with Gasteiger partial charge in [-0.05, 0) is 0 Å². The minimum atomic E-state index is -2.34. The summed E-state index contributed by atoms with van der Waals surface area (Å²) in [6.45, 7) is -0.795. The molecule has 0 saturated carbocycles. The number of aliphatic hydroxyl groups excluding tert-OH is 4. The quantitative estimate of drug-likeness (QED) is 0.267. The molecule has 0 aliphatic carbocycles. The zero-order valence-corrected chi connectivity index (χ0v) is 11.0. The predicted molar refractivity (Wildman–Crippen MR) is 61.3 cm³/mol. The molecule has 4 N–H and O–H groups in total. The molecule has 106 valence electrons. The first-order valence-electron chi connectivity index (χ1n) is 4.52. The van der Waals surface area contributed by atoms with Crippen LogP contribution in [-0.2, 0) is 14.3 Å². The molecule has 0 radical (unpaired) electrons. The summed E-state index contributed by atoms with van der Waals surface area (Å²) in [4.78, 5) is 21.1. The molecule has 0 fully saturated rings. The molecular weight excluding hydrogens is 314 g/mol. The van der Waals surface area contributed by atoms with Crippen molar-refractivity contribution in [1.29, 1.82) is 0 Å². The number of ether oxygens (including phenoxy) is 1. The van der Waals surface area contributed by atoms with E-state index in [0.29, 0.717) is 0 Å². The number of hydrogen-bond acceptors (Lipinski definition) is 7. The molecule has 0 aliphatic heterocycles. The third kappa shape index (κ3) is 5.66. The fraction of sp³-hybridized carbons (Fsp3) is 0.750. The molecule has 0 aromatic carbocycles. The van der Waals surface area contributed by atoms with E-state index in [1.807, 2.05) is 0 Å². The van der Waals surface area contributed by atoms with Gasteiger partial charge in [0.2, 0.25) is 0 Å². The van der Waals surface area contributed by atoms with Gasteiger partial charge in [-0.1, -0.05) is 34.8 Å². The van der Waals surface area contributed by atoms with E-state index in [1.54, 1.807) is 0 Å². The standard InChI is InChI=1S/C8H11Cl3O7/c9-8(10,11)7(17)18-2-4(14)6(16)5(15)3(13)1-12/h1,3-6,13-16H,2H2/t3-,4-,5-,6-/m1/s1. The number of aliphatic hydroxyl groups is 4. The van der Waals surface area contributed by atoms with E-state index in [4.69, 9.17) is 39.9 Å². The molecule has 0 rings (SSSR count). The van der Waals surface area contributed by atoms with Gasteiger partial charge in [0.05, 0.1) is 0 Å². The first-order valence-corrected chi connectivity index (χ1v) is 5.66. The lowest BCUT2D eigenvalue weighted by molar-refractivity contribution is -0.155. The lowest BCUT2D eigenvalue weighted by Gasteiger charge is -2.24. The Morgan fingerprint density at radius 1 is 1.17 bits per heavy atom. The molecule has 0 saturated heterocycles. The number of halogens is 3. The highest BCUT2D eigenvalue weighted by molar-refractivity contribution is 6.75. The maximum absolute atomic E-state index is 11.0. The lowest BCUT2D eigenvalue weighted by Crippen LogP contribution is -2.47. The van der Waals surface area contributed by atoms with Crippen molar-refractivity contribution in [3.63, 3.8) is 0 Å². The Labute approximate surface area is 117 Å². The van der Waals surface area contributed by atoms with Gasteiger partial charge in [-0.2, -0.15) is 0 Å². The van der Waals surface area contributed by atoms with Crippen molar-refractivity contribution in [1.82, 2.24) is 0 Å². The Kier molecular flexibility index (Phi) is 7.38. The average molecular weight is 326 g/mol. The number of aldehydes is 1. The van der Waals surface area contributed by atoms with E-state index < -0.39 is 40.8 Å². The van der Waals surface area contributed by atoms with Crippen molar-refractivity contribution in [3.05, 3.63) is 0 Å². The van der Waals surface area contributed by atoms with Crippen LogP contribution in [0.5, 0.6) is 0 Å². The molecule has 0 bridgehead atoms. The Balaban J connectivity index is 4.29. The largest absolute Gasteiger partial charge is 0.460 e. The summed E-state index contributed by atoms with van der Waals surface area (Å²) < 4.78 is 1.99. The van der Waals surface area contributed by atoms with Gasteiger partial charge in [-0.3, -0.25) is 0 Å². The average Bonchev–Trinajstić information content (AvgIpc) is 2.31. The maximum Gasteiger partial charge on any atom is 0.358 e. The van der Waals surface area contributed by atoms with Crippen LogP contribution >= 0.6 is 34.8 Å². The van der Waals surface area contributed by atoms with E-state index in [-0.39, 0.29) is 6.29 Å². The van der Waals surface area contributed by atoms with Crippen molar-refractivity contribution in [3.8, 4) is 0 Å². The molecule has 0 spiro atoms.